The molecule has 0 aliphatic rings. The van der Waals surface area contributed by atoms with Gasteiger partial charge in [0, 0.05) is 15.4 Å². The fourth-order valence-electron chi connectivity index (χ4n) is 7.03. The monoisotopic (exact) mass is 764 g/mol. The molecule has 0 nitrogen and oxygen atoms in total. The Balaban J connectivity index is 1.13. The standard InChI is InChI=1S/C52H44S3/c1-39(2)38-40-26-28-42(29-27-40)52-50(41-16-7-3-8-17-41)24-15-25-51(52)55(47-22-13-6-14-23-47)49-36-32-44(33-37-49)53-43-30-34-48(35-31-43)54(45-18-9-4-10-19-45)46-20-11-5-12-21-46/h3-37,39H,38H2,1-2H3/q+2. The van der Waals surface area contributed by atoms with Crippen molar-refractivity contribution in [2.75, 3.05) is 0 Å². The van der Waals surface area contributed by atoms with Gasteiger partial charge in [0.1, 0.15) is 0 Å². The topological polar surface area (TPSA) is 0 Å². The minimum atomic E-state index is -0.333. The van der Waals surface area contributed by atoms with Crippen LogP contribution in [-0.4, -0.2) is 0 Å². The van der Waals surface area contributed by atoms with E-state index in [-0.39, 0.29) is 21.8 Å². The summed E-state index contributed by atoms with van der Waals surface area (Å²) < 4.78 is 0. The first kappa shape index (κ1) is 36.8. The molecule has 1 atom stereocenters. The molecule has 8 aromatic rings. The molecule has 0 bridgehead atoms. The zero-order valence-corrected chi connectivity index (χ0v) is 33.7. The Morgan fingerprint density at radius 3 is 1.31 bits per heavy atom. The van der Waals surface area contributed by atoms with Crippen molar-refractivity contribution in [3.05, 3.63) is 218 Å². The van der Waals surface area contributed by atoms with E-state index in [0.29, 0.717) is 5.92 Å². The lowest BCUT2D eigenvalue weighted by molar-refractivity contribution is 0.647. The lowest BCUT2D eigenvalue weighted by Crippen LogP contribution is -2.07. The van der Waals surface area contributed by atoms with E-state index in [4.69, 9.17) is 0 Å². The van der Waals surface area contributed by atoms with Gasteiger partial charge < -0.3 is 0 Å². The maximum Gasteiger partial charge on any atom is 0.174 e. The minimum absolute atomic E-state index is 0.157. The first-order valence-corrected chi connectivity index (χ1v) is 22.2. The lowest BCUT2D eigenvalue weighted by atomic mass is 9.93. The van der Waals surface area contributed by atoms with Gasteiger partial charge in [-0.3, -0.25) is 0 Å². The van der Waals surface area contributed by atoms with E-state index >= 15 is 0 Å². The first-order chi connectivity index (χ1) is 27.1. The van der Waals surface area contributed by atoms with Gasteiger partial charge in [-0.1, -0.05) is 147 Å². The summed E-state index contributed by atoms with van der Waals surface area (Å²) in [5.74, 6) is 0.620. The third kappa shape index (κ3) is 8.71. The Bertz CT molecular complexity index is 2370. The highest BCUT2D eigenvalue weighted by atomic mass is 32.2. The Kier molecular flexibility index (Phi) is 11.7. The first-order valence-electron chi connectivity index (χ1n) is 18.9. The van der Waals surface area contributed by atoms with E-state index in [2.05, 4.69) is 226 Å². The average molecular weight is 765 g/mol. The van der Waals surface area contributed by atoms with Crippen molar-refractivity contribution in [2.24, 2.45) is 5.92 Å². The van der Waals surface area contributed by atoms with Gasteiger partial charge in [0.05, 0.1) is 21.8 Å². The fourth-order valence-corrected chi connectivity index (χ4v) is 12.2. The Morgan fingerprint density at radius 2 is 0.818 bits per heavy atom. The van der Waals surface area contributed by atoms with Crippen LogP contribution >= 0.6 is 11.8 Å². The van der Waals surface area contributed by atoms with Crippen LogP contribution in [0.2, 0.25) is 0 Å². The Hall–Kier alpha value is -5.19. The average Bonchev–Trinajstić information content (AvgIpc) is 3.24. The summed E-state index contributed by atoms with van der Waals surface area (Å²) in [6.07, 6.45) is 1.08. The molecular weight excluding hydrogens is 721 g/mol. The van der Waals surface area contributed by atoms with E-state index in [1.807, 2.05) is 11.8 Å². The summed E-state index contributed by atoms with van der Waals surface area (Å²) in [4.78, 5) is 10.4. The molecule has 8 aromatic carbocycles. The van der Waals surface area contributed by atoms with Crippen molar-refractivity contribution in [3.63, 3.8) is 0 Å². The third-order valence-corrected chi connectivity index (χ3v) is 15.0. The van der Waals surface area contributed by atoms with E-state index < -0.39 is 0 Å². The van der Waals surface area contributed by atoms with Crippen LogP contribution in [0.15, 0.2) is 251 Å². The maximum atomic E-state index is 2.35. The van der Waals surface area contributed by atoms with Crippen LogP contribution in [0.5, 0.6) is 0 Å². The molecule has 0 aliphatic carbocycles. The zero-order chi connectivity index (χ0) is 37.4. The molecule has 0 radical (unpaired) electrons. The van der Waals surface area contributed by atoms with Crippen LogP contribution in [0.3, 0.4) is 0 Å². The summed E-state index contributed by atoms with van der Waals surface area (Å²) in [6, 6.07) is 78.3. The molecule has 0 N–H and O–H groups in total. The normalized spacial score (nSPS) is 11.9. The third-order valence-electron chi connectivity index (χ3n) is 9.51. The predicted octanol–water partition coefficient (Wildman–Crippen LogP) is 14.6. The van der Waals surface area contributed by atoms with Crippen molar-refractivity contribution < 1.29 is 0 Å². The van der Waals surface area contributed by atoms with Gasteiger partial charge in [-0.25, -0.2) is 0 Å². The number of hydrogen-bond donors (Lipinski definition) is 0. The summed E-state index contributed by atoms with van der Waals surface area (Å²) >= 11 is 1.82. The molecule has 0 heterocycles. The summed E-state index contributed by atoms with van der Waals surface area (Å²) in [7, 11) is -0.490. The SMILES string of the molecule is CC(C)Cc1ccc(-c2c(-c3ccccc3)cccc2[S+](c2ccccc2)c2ccc(Sc3ccc([S+](c4ccccc4)c4ccccc4)cc3)cc2)cc1. The fraction of sp³-hybridized carbons (Fsp3) is 0.0769. The maximum absolute atomic E-state index is 2.35. The van der Waals surface area contributed by atoms with Crippen LogP contribution < -0.4 is 0 Å². The van der Waals surface area contributed by atoms with Gasteiger partial charge in [0.2, 0.25) is 0 Å². The Labute approximate surface area is 337 Å². The lowest BCUT2D eigenvalue weighted by Gasteiger charge is -2.17. The summed E-state index contributed by atoms with van der Waals surface area (Å²) in [5, 5.41) is 0. The highest BCUT2D eigenvalue weighted by Gasteiger charge is 2.33. The van der Waals surface area contributed by atoms with Crippen molar-refractivity contribution >= 4 is 33.6 Å². The molecule has 0 amide bonds. The largest absolute Gasteiger partial charge is 0.174 e. The van der Waals surface area contributed by atoms with Gasteiger partial charge in [-0.2, -0.15) is 0 Å². The van der Waals surface area contributed by atoms with Crippen LogP contribution in [0.25, 0.3) is 22.3 Å². The predicted molar refractivity (Wildman–Crippen MR) is 237 cm³/mol. The molecule has 1 unspecified atom stereocenters. The van der Waals surface area contributed by atoms with Crippen LogP contribution in [0.1, 0.15) is 19.4 Å². The van der Waals surface area contributed by atoms with Gasteiger partial charge in [0.15, 0.2) is 29.4 Å². The van der Waals surface area contributed by atoms with Crippen LogP contribution in [-0.2, 0) is 28.2 Å². The molecule has 0 fully saturated rings. The summed E-state index contributed by atoms with van der Waals surface area (Å²) in [5.41, 5.74) is 6.45. The molecule has 0 saturated heterocycles. The van der Waals surface area contributed by atoms with Gasteiger partial charge in [-0.05, 0) is 126 Å². The molecule has 55 heavy (non-hydrogen) atoms. The van der Waals surface area contributed by atoms with E-state index in [1.54, 1.807) is 0 Å². The molecule has 268 valence electrons. The molecular formula is C52H44S3+2. The second-order valence-electron chi connectivity index (χ2n) is 13.9. The smallest absolute Gasteiger partial charge is 0.0901 e. The number of rotatable bonds is 12. The zero-order valence-electron chi connectivity index (χ0n) is 31.2. The molecule has 0 aliphatic heterocycles. The van der Waals surface area contributed by atoms with Crippen LogP contribution in [0.4, 0.5) is 0 Å². The van der Waals surface area contributed by atoms with Gasteiger partial charge >= 0.3 is 0 Å². The van der Waals surface area contributed by atoms with E-state index in [1.165, 1.54) is 67.0 Å². The van der Waals surface area contributed by atoms with Gasteiger partial charge in [-0.15, -0.1) is 0 Å². The second kappa shape index (κ2) is 17.5. The molecule has 0 saturated carbocycles. The number of benzene rings is 8. The van der Waals surface area contributed by atoms with Gasteiger partial charge in [0.25, 0.3) is 0 Å². The summed E-state index contributed by atoms with van der Waals surface area (Å²) in [6.45, 7) is 4.58. The van der Waals surface area contributed by atoms with E-state index in [0.717, 1.165) is 6.42 Å². The van der Waals surface area contributed by atoms with E-state index in [9.17, 15) is 0 Å². The highest BCUT2D eigenvalue weighted by Crippen LogP contribution is 2.43. The molecule has 0 spiro atoms. The van der Waals surface area contributed by atoms with Crippen LogP contribution in [0, 0.1) is 5.92 Å². The molecule has 3 heteroatoms. The number of hydrogen-bond acceptors (Lipinski definition) is 1. The van der Waals surface area contributed by atoms with Crippen molar-refractivity contribution in [1.82, 2.24) is 0 Å². The highest BCUT2D eigenvalue weighted by molar-refractivity contribution is 7.99. The van der Waals surface area contributed by atoms with Crippen molar-refractivity contribution in [3.8, 4) is 22.3 Å². The quantitative estimate of drug-likeness (QED) is 0.112. The second-order valence-corrected chi connectivity index (χ2v) is 19.1. The van der Waals surface area contributed by atoms with Crippen molar-refractivity contribution in [1.29, 1.82) is 0 Å². The Morgan fingerprint density at radius 1 is 0.382 bits per heavy atom. The molecule has 8 rings (SSSR count). The van der Waals surface area contributed by atoms with Crippen molar-refractivity contribution in [2.45, 2.75) is 59.4 Å². The minimum Gasteiger partial charge on any atom is -0.0901 e. The molecule has 0 aromatic heterocycles.